The van der Waals surface area contributed by atoms with Crippen LogP contribution in [-0.4, -0.2) is 115 Å². The topological polar surface area (TPSA) is 222 Å². The van der Waals surface area contributed by atoms with Crippen molar-refractivity contribution in [2.75, 3.05) is 13.2 Å². The minimum atomic E-state index is -1.90. The monoisotopic (exact) mass is 387 g/mol. The Hall–Kier alpha value is -1.20. The van der Waals surface area contributed by atoms with Crippen molar-refractivity contribution in [2.45, 2.75) is 61.4 Å². The third-order valence-electron chi connectivity index (χ3n) is 4.16. The third kappa shape index (κ3) is 4.20. The van der Waals surface area contributed by atoms with Crippen LogP contribution in [0.5, 0.6) is 0 Å². The van der Waals surface area contributed by atoms with Crippen molar-refractivity contribution in [1.82, 2.24) is 0 Å². The zero-order valence-corrected chi connectivity index (χ0v) is 13.2. The van der Waals surface area contributed by atoms with Crippen LogP contribution in [0.2, 0.25) is 0 Å². The smallest absolute Gasteiger partial charge is 0.294 e. The molecule has 0 aromatic rings. The second kappa shape index (κ2) is 8.66. The fourth-order valence-electron chi connectivity index (χ4n) is 2.78. The fourth-order valence-corrected chi connectivity index (χ4v) is 2.78. The Balaban J connectivity index is 2.14. The van der Waals surface area contributed by atoms with Gasteiger partial charge in [-0.2, -0.15) is 0 Å². The number of aliphatic hydroxyl groups is 7. The van der Waals surface area contributed by atoms with Crippen molar-refractivity contribution in [3.8, 4) is 0 Å². The average Bonchev–Trinajstić information content (AvgIpc) is 2.60. The first-order chi connectivity index (χ1) is 12.2. The number of rotatable bonds is 6. The predicted molar refractivity (Wildman–Crippen MR) is 74.5 cm³/mol. The highest BCUT2D eigenvalue weighted by Gasteiger charge is 2.51. The minimum absolute atomic E-state index is 0.743. The predicted octanol–water partition coefficient (Wildman–Crippen LogP) is -5.18. The molecule has 0 saturated carbocycles. The molecule has 10 atom stereocenters. The van der Waals surface area contributed by atoms with Crippen molar-refractivity contribution in [3.05, 3.63) is 10.1 Å². The molecule has 0 spiro atoms. The van der Waals surface area contributed by atoms with E-state index in [1.807, 2.05) is 0 Å². The summed E-state index contributed by atoms with van der Waals surface area (Å²) in [7, 11) is 0. The first kappa shape index (κ1) is 21.1. The van der Waals surface area contributed by atoms with Crippen LogP contribution in [0.15, 0.2) is 0 Å². The molecule has 14 nitrogen and oxygen atoms in total. The maximum absolute atomic E-state index is 10.5. The molecule has 0 aliphatic carbocycles. The number of ether oxygens (including phenoxy) is 3. The lowest BCUT2D eigenvalue weighted by atomic mass is 9.97. The van der Waals surface area contributed by atoms with E-state index >= 15 is 0 Å². The number of nitrogens with zero attached hydrogens (tertiary/aromatic N) is 1. The van der Waals surface area contributed by atoms with Crippen molar-refractivity contribution < 1.29 is 59.9 Å². The third-order valence-corrected chi connectivity index (χ3v) is 4.16. The molecular formula is C12H21NO13. The summed E-state index contributed by atoms with van der Waals surface area (Å²) in [4.78, 5) is 14.7. The van der Waals surface area contributed by atoms with Gasteiger partial charge in [-0.15, -0.1) is 10.1 Å². The summed E-state index contributed by atoms with van der Waals surface area (Å²) >= 11 is 0. The average molecular weight is 387 g/mol. The lowest BCUT2D eigenvalue weighted by molar-refractivity contribution is -0.775. The van der Waals surface area contributed by atoms with Crippen LogP contribution in [0.3, 0.4) is 0 Å². The number of hydrogen-bond donors (Lipinski definition) is 7. The van der Waals surface area contributed by atoms with Gasteiger partial charge in [-0.25, -0.2) is 0 Å². The van der Waals surface area contributed by atoms with Gasteiger partial charge in [0.1, 0.15) is 42.7 Å². The highest BCUT2D eigenvalue weighted by molar-refractivity contribution is 4.93. The second-order valence-corrected chi connectivity index (χ2v) is 5.83. The van der Waals surface area contributed by atoms with E-state index in [4.69, 9.17) is 14.2 Å². The molecule has 0 radical (unpaired) electrons. The lowest BCUT2D eigenvalue weighted by Crippen LogP contribution is -2.65. The van der Waals surface area contributed by atoms with Crippen molar-refractivity contribution in [1.29, 1.82) is 0 Å². The van der Waals surface area contributed by atoms with Crippen LogP contribution in [0, 0.1) is 10.1 Å². The molecule has 26 heavy (non-hydrogen) atoms. The molecule has 0 unspecified atom stereocenters. The first-order valence-electron chi connectivity index (χ1n) is 7.60. The van der Waals surface area contributed by atoms with Crippen LogP contribution < -0.4 is 0 Å². The van der Waals surface area contributed by atoms with Gasteiger partial charge in [0.2, 0.25) is 0 Å². The molecule has 0 bridgehead atoms. The van der Waals surface area contributed by atoms with Gasteiger partial charge in [-0.05, 0) is 0 Å². The second-order valence-electron chi connectivity index (χ2n) is 5.83. The van der Waals surface area contributed by atoms with Crippen molar-refractivity contribution in [2.24, 2.45) is 0 Å². The summed E-state index contributed by atoms with van der Waals surface area (Å²) in [6.07, 6.45) is -16.9. The van der Waals surface area contributed by atoms with E-state index in [-0.39, 0.29) is 0 Å². The molecule has 0 aromatic heterocycles. The standard InChI is InChI=1S/C12H21NO13/c14-1-3-9(5(16)7(18)11(20)23-3)25-12-8(19)6(17)10(26-13(21)22)4(2-15)24-12/h3-12,14-20H,1-2H2/t3-,4-,5-,6-,7-,8-,9-,10-,11-,12+/m1/s1. The summed E-state index contributed by atoms with van der Waals surface area (Å²) in [5.41, 5.74) is 0. The van der Waals surface area contributed by atoms with Crippen molar-refractivity contribution in [3.63, 3.8) is 0 Å². The Kier molecular flexibility index (Phi) is 7.03. The first-order valence-corrected chi connectivity index (χ1v) is 7.60. The Labute approximate surface area is 145 Å². The molecule has 2 saturated heterocycles. The molecule has 152 valence electrons. The normalized spacial score (nSPS) is 46.7. The molecule has 2 aliphatic rings. The molecule has 0 amide bonds. The Morgan fingerprint density at radius 1 is 0.846 bits per heavy atom. The van der Waals surface area contributed by atoms with E-state index in [1.165, 1.54) is 0 Å². The van der Waals surface area contributed by atoms with E-state index in [0.717, 1.165) is 0 Å². The van der Waals surface area contributed by atoms with E-state index in [0.29, 0.717) is 0 Å². The van der Waals surface area contributed by atoms with Gasteiger partial charge < -0.3 is 54.8 Å². The van der Waals surface area contributed by atoms with Crippen LogP contribution in [0.4, 0.5) is 0 Å². The van der Waals surface area contributed by atoms with E-state index in [1.54, 1.807) is 0 Å². The van der Waals surface area contributed by atoms with Gasteiger partial charge in [0.05, 0.1) is 13.2 Å². The summed E-state index contributed by atoms with van der Waals surface area (Å²) in [5, 5.41) is 76.9. The molecule has 2 aliphatic heterocycles. The minimum Gasteiger partial charge on any atom is -0.394 e. The van der Waals surface area contributed by atoms with Gasteiger partial charge in [-0.1, -0.05) is 0 Å². The largest absolute Gasteiger partial charge is 0.394 e. The molecular weight excluding hydrogens is 366 g/mol. The molecule has 0 aromatic carbocycles. The molecule has 2 fully saturated rings. The van der Waals surface area contributed by atoms with E-state index < -0.39 is 79.7 Å². The Bertz CT molecular complexity index is 476. The van der Waals surface area contributed by atoms with Crippen molar-refractivity contribution >= 4 is 0 Å². The lowest BCUT2D eigenvalue weighted by Gasteiger charge is -2.45. The van der Waals surface area contributed by atoms with Crippen LogP contribution in [0.1, 0.15) is 0 Å². The van der Waals surface area contributed by atoms with E-state index in [9.17, 15) is 45.9 Å². The zero-order valence-electron chi connectivity index (χ0n) is 13.2. The Morgan fingerprint density at radius 2 is 1.38 bits per heavy atom. The zero-order chi connectivity index (χ0) is 19.6. The van der Waals surface area contributed by atoms with Gasteiger partial charge in [0.15, 0.2) is 18.7 Å². The number of aliphatic hydroxyl groups excluding tert-OH is 7. The van der Waals surface area contributed by atoms with Crippen LogP contribution in [0.25, 0.3) is 0 Å². The van der Waals surface area contributed by atoms with Gasteiger partial charge in [-0.3, -0.25) is 0 Å². The fraction of sp³-hybridized carbons (Fsp3) is 1.00. The summed E-state index contributed by atoms with van der Waals surface area (Å²) in [6, 6.07) is 0. The number of hydrogen-bond acceptors (Lipinski definition) is 13. The summed E-state index contributed by atoms with van der Waals surface area (Å²) < 4.78 is 15.3. The highest BCUT2D eigenvalue weighted by atomic mass is 17.0. The van der Waals surface area contributed by atoms with Crippen LogP contribution in [-0.2, 0) is 19.0 Å². The van der Waals surface area contributed by atoms with Gasteiger partial charge in [0, 0.05) is 0 Å². The molecule has 2 heterocycles. The summed E-state index contributed by atoms with van der Waals surface area (Å²) in [5.74, 6) is 0. The van der Waals surface area contributed by atoms with Gasteiger partial charge >= 0.3 is 0 Å². The van der Waals surface area contributed by atoms with Crippen LogP contribution >= 0.6 is 0 Å². The maximum Gasteiger partial charge on any atom is 0.294 e. The maximum atomic E-state index is 10.5. The highest BCUT2D eigenvalue weighted by Crippen LogP contribution is 2.29. The van der Waals surface area contributed by atoms with Gasteiger partial charge in [0.25, 0.3) is 5.09 Å². The summed E-state index contributed by atoms with van der Waals surface area (Å²) in [6.45, 7) is -1.58. The Morgan fingerprint density at radius 3 is 1.92 bits per heavy atom. The molecule has 2 rings (SSSR count). The van der Waals surface area contributed by atoms with E-state index in [2.05, 4.69) is 4.84 Å². The SMILES string of the molecule is O=[N+]([O-])O[C@H]1[C@H](O)[C@@H](O)[C@H](O[C@H]2[C@H](O)[C@@H](O)[C@H](O)O[C@@H]2CO)O[C@@H]1CO. The quantitative estimate of drug-likeness (QED) is 0.167. The molecule has 14 heteroatoms. The molecule has 7 N–H and O–H groups in total.